The highest BCUT2D eigenvalue weighted by molar-refractivity contribution is 6.08. The molecule has 90 valence electrons. The van der Waals surface area contributed by atoms with E-state index in [1.54, 1.807) is 0 Å². The normalized spacial score (nSPS) is 11.2. The Balaban J connectivity index is 2.03. The van der Waals surface area contributed by atoms with Gasteiger partial charge in [0.15, 0.2) is 0 Å². The molecule has 0 saturated heterocycles. The van der Waals surface area contributed by atoms with E-state index in [1.807, 2.05) is 12.3 Å². The smallest absolute Gasteiger partial charge is 0.0454 e. The average molecular weight is 243 g/mol. The van der Waals surface area contributed by atoms with Crippen molar-refractivity contribution in [1.29, 1.82) is 0 Å². The van der Waals surface area contributed by atoms with Gasteiger partial charge < -0.3 is 4.98 Å². The molecule has 0 spiro atoms. The highest BCUT2D eigenvalue weighted by Crippen LogP contribution is 2.28. The van der Waals surface area contributed by atoms with E-state index in [0.29, 0.717) is 0 Å². The molecule has 1 aromatic heterocycles. The van der Waals surface area contributed by atoms with Gasteiger partial charge >= 0.3 is 0 Å². The molecule has 3 aromatic carbocycles. The van der Waals surface area contributed by atoms with Crippen LogP contribution in [-0.2, 0) is 0 Å². The summed E-state index contributed by atoms with van der Waals surface area (Å²) in [6.45, 7) is 0. The van der Waals surface area contributed by atoms with E-state index in [1.165, 1.54) is 27.1 Å². The monoisotopic (exact) mass is 243 g/mol. The van der Waals surface area contributed by atoms with Crippen LogP contribution in [0.5, 0.6) is 0 Å². The molecule has 19 heavy (non-hydrogen) atoms. The second-order valence-electron chi connectivity index (χ2n) is 4.81. The minimum absolute atomic E-state index is 1.16. The number of hydrogen-bond donors (Lipinski definition) is 1. The second-order valence-corrected chi connectivity index (χ2v) is 4.81. The molecule has 0 fully saturated rings. The van der Waals surface area contributed by atoms with Gasteiger partial charge in [0.25, 0.3) is 0 Å². The number of H-pyrrole nitrogens is 1. The third-order valence-corrected chi connectivity index (χ3v) is 3.65. The maximum Gasteiger partial charge on any atom is 0.0454 e. The van der Waals surface area contributed by atoms with Crippen LogP contribution >= 0.6 is 0 Å². The molecule has 4 aromatic rings. The summed E-state index contributed by atoms with van der Waals surface area (Å²) in [6, 6.07) is 23.7. The van der Waals surface area contributed by atoms with Crippen molar-refractivity contribution in [3.8, 4) is 11.3 Å². The summed E-state index contributed by atoms with van der Waals surface area (Å²) in [6.07, 6.45) is 1.96. The first-order valence-corrected chi connectivity index (χ1v) is 6.47. The number of fused-ring (bicyclic) bond motifs is 3. The van der Waals surface area contributed by atoms with Crippen molar-refractivity contribution in [2.75, 3.05) is 0 Å². The van der Waals surface area contributed by atoms with Gasteiger partial charge in [-0.25, -0.2) is 0 Å². The minimum Gasteiger partial charge on any atom is -0.361 e. The van der Waals surface area contributed by atoms with E-state index in [0.717, 1.165) is 5.69 Å². The molecule has 0 amide bonds. The number of aromatic amines is 1. The lowest BCUT2D eigenvalue weighted by molar-refractivity contribution is 1.41. The van der Waals surface area contributed by atoms with Gasteiger partial charge in [0.2, 0.25) is 0 Å². The minimum atomic E-state index is 1.16. The summed E-state index contributed by atoms with van der Waals surface area (Å²) >= 11 is 0. The fourth-order valence-corrected chi connectivity index (χ4v) is 2.69. The van der Waals surface area contributed by atoms with Crippen LogP contribution < -0.4 is 0 Å². The van der Waals surface area contributed by atoms with Gasteiger partial charge in [0.1, 0.15) is 0 Å². The zero-order valence-electron chi connectivity index (χ0n) is 10.4. The van der Waals surface area contributed by atoms with E-state index < -0.39 is 0 Å². The third-order valence-electron chi connectivity index (χ3n) is 3.65. The maximum absolute atomic E-state index is 3.26. The molecular weight excluding hydrogens is 230 g/mol. The topological polar surface area (TPSA) is 15.8 Å². The summed E-state index contributed by atoms with van der Waals surface area (Å²) in [4.78, 5) is 3.26. The van der Waals surface area contributed by atoms with E-state index in [2.05, 4.69) is 65.6 Å². The predicted molar refractivity (Wildman–Crippen MR) is 81.2 cm³/mol. The van der Waals surface area contributed by atoms with E-state index in [9.17, 15) is 0 Å². The fraction of sp³-hybridized carbons (Fsp3) is 0. The molecule has 0 aliphatic rings. The Morgan fingerprint density at radius 1 is 0.632 bits per heavy atom. The van der Waals surface area contributed by atoms with Crippen LogP contribution in [0.1, 0.15) is 0 Å². The number of hydrogen-bond acceptors (Lipinski definition) is 0. The lowest BCUT2D eigenvalue weighted by atomic mass is 9.99. The SMILES string of the molecule is c1c[nH]c(-c2ccc3c(ccc4ccccc43)c2)c1. The molecule has 0 bridgehead atoms. The molecule has 1 nitrogen and oxygen atoms in total. The standard InChI is InChI=1S/C18H13N/c1-2-5-16-13(4-1)7-8-14-12-15(9-10-17(14)16)18-6-3-11-19-18/h1-12,19H. The fourth-order valence-electron chi connectivity index (χ4n) is 2.69. The Morgan fingerprint density at radius 2 is 1.47 bits per heavy atom. The van der Waals surface area contributed by atoms with Crippen molar-refractivity contribution in [2.24, 2.45) is 0 Å². The lowest BCUT2D eigenvalue weighted by Gasteiger charge is -2.06. The van der Waals surface area contributed by atoms with Gasteiger partial charge in [-0.15, -0.1) is 0 Å². The second kappa shape index (κ2) is 3.99. The lowest BCUT2D eigenvalue weighted by Crippen LogP contribution is -1.80. The van der Waals surface area contributed by atoms with Crippen LogP contribution in [0.15, 0.2) is 72.9 Å². The molecule has 0 radical (unpaired) electrons. The molecule has 1 heterocycles. The van der Waals surface area contributed by atoms with Crippen molar-refractivity contribution in [1.82, 2.24) is 4.98 Å². The third kappa shape index (κ3) is 1.63. The molecular formula is C18H13N. The zero-order valence-corrected chi connectivity index (χ0v) is 10.4. The Bertz CT molecular complexity index is 857. The maximum atomic E-state index is 3.26. The van der Waals surface area contributed by atoms with Crippen LogP contribution in [0.25, 0.3) is 32.8 Å². The van der Waals surface area contributed by atoms with Crippen LogP contribution in [0.3, 0.4) is 0 Å². The first-order chi connectivity index (χ1) is 9.42. The molecule has 0 aliphatic carbocycles. The van der Waals surface area contributed by atoms with Gasteiger partial charge in [-0.3, -0.25) is 0 Å². The largest absolute Gasteiger partial charge is 0.361 e. The number of rotatable bonds is 1. The molecule has 0 aliphatic heterocycles. The summed E-state index contributed by atoms with van der Waals surface area (Å²) in [5.41, 5.74) is 2.39. The highest BCUT2D eigenvalue weighted by Gasteiger charge is 2.03. The predicted octanol–water partition coefficient (Wildman–Crippen LogP) is 4.99. The van der Waals surface area contributed by atoms with Crippen molar-refractivity contribution < 1.29 is 0 Å². The average Bonchev–Trinajstić information content (AvgIpc) is 3.01. The van der Waals surface area contributed by atoms with Crippen molar-refractivity contribution in [3.05, 3.63) is 72.9 Å². The summed E-state index contributed by atoms with van der Waals surface area (Å²) in [5, 5.41) is 5.21. The van der Waals surface area contributed by atoms with Crippen molar-refractivity contribution >= 4 is 21.5 Å². The Hall–Kier alpha value is -2.54. The Labute approximate surface area is 111 Å². The Morgan fingerprint density at radius 3 is 2.37 bits per heavy atom. The van der Waals surface area contributed by atoms with Gasteiger partial charge in [-0.05, 0) is 45.3 Å². The zero-order chi connectivity index (χ0) is 12.7. The van der Waals surface area contributed by atoms with Crippen LogP contribution in [0, 0.1) is 0 Å². The summed E-state index contributed by atoms with van der Waals surface area (Å²) in [5.74, 6) is 0. The highest BCUT2D eigenvalue weighted by atomic mass is 14.7. The van der Waals surface area contributed by atoms with Crippen molar-refractivity contribution in [3.63, 3.8) is 0 Å². The van der Waals surface area contributed by atoms with Crippen LogP contribution in [0.4, 0.5) is 0 Å². The summed E-state index contributed by atoms with van der Waals surface area (Å²) < 4.78 is 0. The molecule has 0 unspecified atom stereocenters. The van der Waals surface area contributed by atoms with Crippen LogP contribution in [-0.4, -0.2) is 4.98 Å². The number of nitrogens with one attached hydrogen (secondary N) is 1. The molecule has 1 N–H and O–H groups in total. The van der Waals surface area contributed by atoms with Gasteiger partial charge in [-0.1, -0.05) is 48.5 Å². The van der Waals surface area contributed by atoms with Gasteiger partial charge in [0.05, 0.1) is 0 Å². The molecule has 4 rings (SSSR count). The number of aromatic nitrogens is 1. The van der Waals surface area contributed by atoms with E-state index in [4.69, 9.17) is 0 Å². The molecule has 1 heteroatoms. The van der Waals surface area contributed by atoms with E-state index in [-0.39, 0.29) is 0 Å². The molecule has 0 saturated carbocycles. The van der Waals surface area contributed by atoms with Gasteiger partial charge in [-0.2, -0.15) is 0 Å². The first-order valence-electron chi connectivity index (χ1n) is 6.47. The number of benzene rings is 3. The first kappa shape index (κ1) is 10.4. The molecule has 0 atom stereocenters. The quantitative estimate of drug-likeness (QED) is 0.453. The van der Waals surface area contributed by atoms with Gasteiger partial charge in [0, 0.05) is 11.9 Å². The Kier molecular flexibility index (Phi) is 2.18. The van der Waals surface area contributed by atoms with Crippen LogP contribution in [0.2, 0.25) is 0 Å². The van der Waals surface area contributed by atoms with Crippen molar-refractivity contribution in [2.45, 2.75) is 0 Å². The summed E-state index contributed by atoms with van der Waals surface area (Å²) in [7, 11) is 0. The van der Waals surface area contributed by atoms with E-state index >= 15 is 0 Å².